The normalized spacial score (nSPS) is 11.1. The van der Waals surface area contributed by atoms with Gasteiger partial charge in [0.15, 0.2) is 0 Å². The maximum absolute atomic E-state index is 12.7. The van der Waals surface area contributed by atoms with Crippen molar-refractivity contribution < 1.29 is 22.7 Å². The molecule has 6 nitrogen and oxygen atoms in total. The smallest absolute Gasteiger partial charge is 0.406 e. The third-order valence-corrected chi connectivity index (χ3v) is 4.89. The first kappa shape index (κ1) is 21.4. The van der Waals surface area contributed by atoms with Crippen molar-refractivity contribution in [2.24, 2.45) is 0 Å². The Bertz CT molecular complexity index is 1010. The number of halogens is 3. The number of benzene rings is 1. The molecule has 2 N–H and O–H groups in total. The van der Waals surface area contributed by atoms with Crippen LogP contribution in [0.15, 0.2) is 66.0 Å². The quantitative estimate of drug-likeness (QED) is 0.512. The van der Waals surface area contributed by atoms with Gasteiger partial charge in [0.2, 0.25) is 0 Å². The second-order valence-corrected chi connectivity index (χ2v) is 6.93. The summed E-state index contributed by atoms with van der Waals surface area (Å²) >= 11 is 1.39. The maximum Gasteiger partial charge on any atom is 0.573 e. The minimum absolute atomic E-state index is 0.335. The van der Waals surface area contributed by atoms with Crippen LogP contribution < -0.4 is 15.4 Å². The summed E-state index contributed by atoms with van der Waals surface area (Å²) in [7, 11) is 1.78. The molecule has 0 bridgehead atoms. The highest BCUT2D eigenvalue weighted by Crippen LogP contribution is 2.27. The lowest BCUT2D eigenvalue weighted by molar-refractivity contribution is -0.274. The highest BCUT2D eigenvalue weighted by Gasteiger charge is 2.31. The Morgan fingerprint density at radius 1 is 1.10 bits per heavy atom. The molecule has 0 unspecified atom stereocenters. The summed E-state index contributed by atoms with van der Waals surface area (Å²) in [4.78, 5) is 21.1. The molecule has 0 fully saturated rings. The number of aromatic nitrogens is 2. The van der Waals surface area contributed by atoms with Crippen molar-refractivity contribution in [3.8, 4) is 5.75 Å². The lowest BCUT2D eigenvalue weighted by Crippen LogP contribution is -2.17. The van der Waals surface area contributed by atoms with Crippen LogP contribution >= 0.6 is 11.8 Å². The molecular weight excluding hydrogens is 417 g/mol. The first-order chi connectivity index (χ1) is 14.3. The van der Waals surface area contributed by atoms with Gasteiger partial charge >= 0.3 is 6.36 Å². The molecule has 2 aromatic heterocycles. The van der Waals surface area contributed by atoms with Gasteiger partial charge in [0.05, 0.1) is 5.56 Å². The minimum Gasteiger partial charge on any atom is -0.406 e. The van der Waals surface area contributed by atoms with Crippen LogP contribution in [0.3, 0.4) is 0 Å². The zero-order chi connectivity index (χ0) is 21.6. The number of anilines is 2. The number of rotatable bonds is 7. The number of hydrogen-bond donors (Lipinski definition) is 2. The first-order valence-corrected chi connectivity index (χ1v) is 9.70. The van der Waals surface area contributed by atoms with Gasteiger partial charge in [-0.05, 0) is 54.1 Å². The summed E-state index contributed by atoms with van der Waals surface area (Å²) in [6, 6.07) is 12.0. The number of nitrogens with zero attached hydrogens (tertiary/aromatic N) is 2. The molecule has 0 saturated heterocycles. The van der Waals surface area contributed by atoms with Gasteiger partial charge in [-0.2, -0.15) is 0 Å². The fourth-order valence-electron chi connectivity index (χ4n) is 2.47. The maximum atomic E-state index is 12.7. The third kappa shape index (κ3) is 6.11. The summed E-state index contributed by atoms with van der Waals surface area (Å²) in [5, 5.41) is 6.16. The lowest BCUT2D eigenvalue weighted by atomic mass is 10.2. The summed E-state index contributed by atoms with van der Waals surface area (Å²) in [6.45, 7) is 0. The monoisotopic (exact) mass is 434 g/mol. The van der Waals surface area contributed by atoms with Crippen molar-refractivity contribution in [1.29, 1.82) is 0 Å². The molecule has 0 spiro atoms. The van der Waals surface area contributed by atoms with Crippen molar-refractivity contribution in [3.05, 3.63) is 72.1 Å². The molecular formula is C20H17F3N4O2S. The van der Waals surface area contributed by atoms with Crippen molar-refractivity contribution in [1.82, 2.24) is 9.97 Å². The van der Waals surface area contributed by atoms with Gasteiger partial charge < -0.3 is 15.4 Å². The number of carbonyl (C=O) groups excluding carboxylic acids is 1. The van der Waals surface area contributed by atoms with E-state index in [0.29, 0.717) is 22.0 Å². The predicted octanol–water partition coefficient (Wildman–Crippen LogP) is 4.96. The molecule has 1 aromatic carbocycles. The number of carbonyl (C=O) groups is 1. The standard InChI is InChI=1S/C20H17F3N4O2S/c1-24-17-11-13(8-10-25-17)12-30-19-16(3-2-9-26-19)18(28)27-14-4-6-15(7-5-14)29-20(21,22)23/h2-11H,12H2,1H3,(H,24,25)(H,27,28). The van der Waals surface area contributed by atoms with Gasteiger partial charge in [0.1, 0.15) is 16.6 Å². The van der Waals surface area contributed by atoms with Gasteiger partial charge in [-0.25, -0.2) is 9.97 Å². The average Bonchev–Trinajstić information content (AvgIpc) is 2.73. The lowest BCUT2D eigenvalue weighted by Gasteiger charge is -2.11. The zero-order valence-corrected chi connectivity index (χ0v) is 16.6. The number of hydrogen-bond acceptors (Lipinski definition) is 6. The molecule has 2 heterocycles. The molecule has 30 heavy (non-hydrogen) atoms. The van der Waals surface area contributed by atoms with Crippen LogP contribution in [-0.2, 0) is 5.75 Å². The van der Waals surface area contributed by atoms with Crippen LogP contribution in [0.5, 0.6) is 5.75 Å². The van der Waals surface area contributed by atoms with Crippen LogP contribution in [-0.4, -0.2) is 29.3 Å². The Morgan fingerprint density at radius 3 is 2.57 bits per heavy atom. The van der Waals surface area contributed by atoms with E-state index < -0.39 is 12.3 Å². The molecule has 0 saturated carbocycles. The molecule has 0 radical (unpaired) electrons. The van der Waals surface area contributed by atoms with E-state index in [1.165, 1.54) is 23.9 Å². The molecule has 10 heteroatoms. The average molecular weight is 434 g/mol. The van der Waals surface area contributed by atoms with Gasteiger partial charge in [0, 0.05) is 30.9 Å². The SMILES string of the molecule is CNc1cc(CSc2ncccc2C(=O)Nc2ccc(OC(F)(F)F)cc2)ccn1. The van der Waals surface area contributed by atoms with E-state index in [1.807, 2.05) is 12.1 Å². The second kappa shape index (κ2) is 9.49. The van der Waals surface area contributed by atoms with Gasteiger partial charge in [-0.3, -0.25) is 4.79 Å². The minimum atomic E-state index is -4.77. The Morgan fingerprint density at radius 2 is 1.87 bits per heavy atom. The van der Waals surface area contributed by atoms with Crippen LogP contribution in [0, 0.1) is 0 Å². The van der Waals surface area contributed by atoms with E-state index in [-0.39, 0.29) is 5.75 Å². The number of nitrogens with one attached hydrogen (secondary N) is 2. The van der Waals surface area contributed by atoms with E-state index in [1.54, 1.807) is 31.6 Å². The van der Waals surface area contributed by atoms with E-state index in [4.69, 9.17) is 0 Å². The van der Waals surface area contributed by atoms with Crippen molar-refractivity contribution in [3.63, 3.8) is 0 Å². The van der Waals surface area contributed by atoms with Crippen molar-refractivity contribution in [2.45, 2.75) is 17.1 Å². The Labute approximate surface area is 174 Å². The van der Waals surface area contributed by atoms with E-state index in [2.05, 4.69) is 25.3 Å². The zero-order valence-electron chi connectivity index (χ0n) is 15.7. The van der Waals surface area contributed by atoms with Gasteiger partial charge in [-0.1, -0.05) is 0 Å². The first-order valence-electron chi connectivity index (χ1n) is 8.72. The van der Waals surface area contributed by atoms with Crippen LogP contribution in [0.4, 0.5) is 24.7 Å². The Balaban J connectivity index is 1.68. The fourth-order valence-corrected chi connectivity index (χ4v) is 3.40. The number of thioether (sulfide) groups is 1. The fraction of sp³-hybridized carbons (Fsp3) is 0.150. The summed E-state index contributed by atoms with van der Waals surface area (Å²) in [6.07, 6.45) is -1.48. The number of pyridine rings is 2. The molecule has 156 valence electrons. The second-order valence-electron chi connectivity index (χ2n) is 5.97. The largest absolute Gasteiger partial charge is 0.573 e. The Kier molecular flexibility index (Phi) is 6.78. The molecule has 0 aliphatic heterocycles. The van der Waals surface area contributed by atoms with Crippen LogP contribution in [0.1, 0.15) is 15.9 Å². The van der Waals surface area contributed by atoms with Gasteiger partial charge in [0.25, 0.3) is 5.91 Å². The molecule has 0 atom stereocenters. The number of ether oxygens (including phenoxy) is 1. The highest BCUT2D eigenvalue weighted by molar-refractivity contribution is 7.98. The predicted molar refractivity (Wildman–Crippen MR) is 109 cm³/mol. The summed E-state index contributed by atoms with van der Waals surface area (Å²) in [5.74, 6) is 0.542. The summed E-state index contributed by atoms with van der Waals surface area (Å²) < 4.78 is 40.6. The topological polar surface area (TPSA) is 76.1 Å². The number of alkyl halides is 3. The third-order valence-electron chi connectivity index (χ3n) is 3.82. The highest BCUT2D eigenvalue weighted by atomic mass is 32.2. The van der Waals surface area contributed by atoms with E-state index >= 15 is 0 Å². The molecule has 3 rings (SSSR count). The van der Waals surface area contributed by atoms with Crippen LogP contribution in [0.25, 0.3) is 0 Å². The van der Waals surface area contributed by atoms with Crippen LogP contribution in [0.2, 0.25) is 0 Å². The Hall–Kier alpha value is -3.27. The van der Waals surface area contributed by atoms with Gasteiger partial charge in [-0.15, -0.1) is 24.9 Å². The molecule has 0 aliphatic carbocycles. The number of amides is 1. The van der Waals surface area contributed by atoms with Crippen molar-refractivity contribution in [2.75, 3.05) is 17.7 Å². The van der Waals surface area contributed by atoms with E-state index in [0.717, 1.165) is 23.5 Å². The summed E-state index contributed by atoms with van der Waals surface area (Å²) in [5.41, 5.74) is 1.71. The van der Waals surface area contributed by atoms with E-state index in [9.17, 15) is 18.0 Å². The molecule has 3 aromatic rings. The van der Waals surface area contributed by atoms with Crippen molar-refractivity contribution >= 4 is 29.2 Å². The molecule has 0 aliphatic rings. The molecule has 1 amide bonds.